The summed E-state index contributed by atoms with van der Waals surface area (Å²) in [7, 11) is 0. The van der Waals surface area contributed by atoms with E-state index in [1.165, 1.54) is 37.7 Å². The normalized spacial score (nSPS) is 12.9. The van der Waals surface area contributed by atoms with Crippen molar-refractivity contribution in [2.75, 3.05) is 6.61 Å². The van der Waals surface area contributed by atoms with E-state index in [1.807, 2.05) is 39.0 Å². The predicted molar refractivity (Wildman–Crippen MR) is 116 cm³/mol. The van der Waals surface area contributed by atoms with Gasteiger partial charge in [0.2, 0.25) is 0 Å². The molecule has 1 aromatic rings. The van der Waals surface area contributed by atoms with Crippen molar-refractivity contribution in [3.05, 3.63) is 48.0 Å². The van der Waals surface area contributed by atoms with Crippen LogP contribution in [0.25, 0.3) is 0 Å². The fourth-order valence-corrected chi connectivity index (χ4v) is 3.01. The number of carbonyl (C=O) groups excluding carboxylic acids is 1. The lowest BCUT2D eigenvalue weighted by Gasteiger charge is -2.22. The van der Waals surface area contributed by atoms with Crippen LogP contribution in [0.5, 0.6) is 0 Å². The molecule has 0 bridgehead atoms. The fraction of sp³-hybridized carbons (Fsp3) is 0.625. The van der Waals surface area contributed by atoms with E-state index in [2.05, 4.69) is 29.6 Å². The van der Waals surface area contributed by atoms with Gasteiger partial charge < -0.3 is 15.2 Å². The highest BCUT2D eigenvalue weighted by Crippen LogP contribution is 2.11. The fourth-order valence-electron chi connectivity index (χ4n) is 3.01. The molecule has 0 radical (unpaired) electrons. The Hall–Kier alpha value is -1.81. The van der Waals surface area contributed by atoms with Crippen molar-refractivity contribution in [1.29, 1.82) is 0 Å². The van der Waals surface area contributed by atoms with Gasteiger partial charge in [-0.1, -0.05) is 74.6 Å². The first-order valence-corrected chi connectivity index (χ1v) is 10.7. The van der Waals surface area contributed by atoms with Crippen molar-refractivity contribution in [3.8, 4) is 0 Å². The lowest BCUT2D eigenvalue weighted by molar-refractivity contribution is 0.0514. The molecule has 2 N–H and O–H groups in total. The summed E-state index contributed by atoms with van der Waals surface area (Å²) in [5.41, 5.74) is 0.693. The smallest absolute Gasteiger partial charge is 0.408 e. The van der Waals surface area contributed by atoms with Gasteiger partial charge in [-0.25, -0.2) is 4.79 Å². The van der Waals surface area contributed by atoms with Crippen LogP contribution in [0.15, 0.2) is 42.5 Å². The summed E-state index contributed by atoms with van der Waals surface area (Å²) in [6.07, 6.45) is 13.9. The molecule has 0 fully saturated rings. The van der Waals surface area contributed by atoms with Crippen LogP contribution in [-0.2, 0) is 11.2 Å². The molecule has 1 amide bonds. The van der Waals surface area contributed by atoms with E-state index in [-0.39, 0.29) is 12.1 Å². The molecule has 0 saturated heterocycles. The van der Waals surface area contributed by atoms with E-state index >= 15 is 0 Å². The number of nitrogens with one attached hydrogen (secondary N) is 1. The van der Waals surface area contributed by atoms with Gasteiger partial charge in [0.05, 0.1) is 6.04 Å². The van der Waals surface area contributed by atoms with Crippen LogP contribution in [0.1, 0.15) is 77.7 Å². The second-order valence-electron chi connectivity index (χ2n) is 8.36. The number of carbonyl (C=O) groups is 1. The van der Waals surface area contributed by atoms with Crippen LogP contribution in [0.4, 0.5) is 4.79 Å². The van der Waals surface area contributed by atoms with Crippen molar-refractivity contribution in [2.24, 2.45) is 0 Å². The molecule has 1 atom stereocenters. The van der Waals surface area contributed by atoms with E-state index in [0.717, 1.165) is 25.7 Å². The van der Waals surface area contributed by atoms with Crippen molar-refractivity contribution in [2.45, 2.75) is 90.2 Å². The molecule has 28 heavy (non-hydrogen) atoms. The number of rotatable bonds is 13. The van der Waals surface area contributed by atoms with Gasteiger partial charge in [0.25, 0.3) is 0 Å². The Balaban J connectivity index is 2.39. The summed E-state index contributed by atoms with van der Waals surface area (Å²) >= 11 is 0. The zero-order valence-corrected chi connectivity index (χ0v) is 18.0. The molecule has 1 rings (SSSR count). The highest BCUT2D eigenvalue weighted by Gasteiger charge is 2.18. The van der Waals surface area contributed by atoms with E-state index in [4.69, 9.17) is 9.84 Å². The molecule has 0 heterocycles. The molecule has 4 nitrogen and oxygen atoms in total. The zero-order chi connectivity index (χ0) is 20.7. The number of ether oxygens (including phenoxy) is 1. The number of allylic oxidation sites excluding steroid dienone is 1. The first-order chi connectivity index (χ1) is 13.4. The van der Waals surface area contributed by atoms with E-state index in [9.17, 15) is 4.79 Å². The maximum absolute atomic E-state index is 12.2. The first-order valence-electron chi connectivity index (χ1n) is 10.7. The van der Waals surface area contributed by atoms with Crippen molar-refractivity contribution in [1.82, 2.24) is 5.32 Å². The topological polar surface area (TPSA) is 58.6 Å². The van der Waals surface area contributed by atoms with Crippen LogP contribution >= 0.6 is 0 Å². The van der Waals surface area contributed by atoms with E-state index in [1.54, 1.807) is 0 Å². The summed E-state index contributed by atoms with van der Waals surface area (Å²) in [5.74, 6) is 0. The minimum absolute atomic E-state index is 0.0734. The van der Waals surface area contributed by atoms with Gasteiger partial charge in [0, 0.05) is 6.61 Å². The number of benzene rings is 1. The third-order valence-electron chi connectivity index (χ3n) is 4.40. The summed E-state index contributed by atoms with van der Waals surface area (Å²) < 4.78 is 5.41. The van der Waals surface area contributed by atoms with Crippen molar-refractivity contribution >= 4 is 6.09 Å². The Morgan fingerprint density at radius 1 is 1.04 bits per heavy atom. The number of hydrogen-bond donors (Lipinski definition) is 2. The molecule has 1 unspecified atom stereocenters. The summed E-state index contributed by atoms with van der Waals surface area (Å²) in [6.45, 7) is 5.93. The molecule has 0 spiro atoms. The van der Waals surface area contributed by atoms with Crippen LogP contribution in [0, 0.1) is 0 Å². The minimum Gasteiger partial charge on any atom is -0.444 e. The Morgan fingerprint density at radius 3 is 2.25 bits per heavy atom. The SMILES string of the molecule is CC(C)(C)OC(=O)NC(/C=C\CCCCCCCCCO)Cc1ccccc1. The molecule has 0 aromatic heterocycles. The molecule has 158 valence electrons. The standard InChI is InChI=1S/C24H39NO3/c1-24(2,3)28-23(27)25-22(20-21-16-12-11-13-17-21)18-14-9-7-5-4-6-8-10-15-19-26/h11-14,16-18,22,26H,4-10,15,19-20H2,1-3H3,(H,25,27)/b18-14-. The molecule has 4 heteroatoms. The van der Waals surface area contributed by atoms with Gasteiger partial charge in [-0.3, -0.25) is 0 Å². The highest BCUT2D eigenvalue weighted by molar-refractivity contribution is 5.68. The minimum atomic E-state index is -0.498. The molecule has 0 aliphatic heterocycles. The van der Waals surface area contributed by atoms with E-state index < -0.39 is 5.60 Å². The quantitative estimate of drug-likeness (QED) is 0.331. The molecular formula is C24H39NO3. The highest BCUT2D eigenvalue weighted by atomic mass is 16.6. The third kappa shape index (κ3) is 13.4. The third-order valence-corrected chi connectivity index (χ3v) is 4.40. The Labute approximate surface area is 171 Å². The van der Waals surface area contributed by atoms with Gasteiger partial charge in [-0.05, 0) is 52.0 Å². The maximum atomic E-state index is 12.2. The molecule has 0 aliphatic carbocycles. The van der Waals surface area contributed by atoms with Crippen LogP contribution in [0.2, 0.25) is 0 Å². The average molecular weight is 390 g/mol. The van der Waals surface area contributed by atoms with Gasteiger partial charge >= 0.3 is 6.09 Å². The lowest BCUT2D eigenvalue weighted by atomic mass is 10.0. The number of unbranched alkanes of at least 4 members (excludes halogenated alkanes) is 7. The lowest BCUT2D eigenvalue weighted by Crippen LogP contribution is -2.39. The Morgan fingerprint density at radius 2 is 1.64 bits per heavy atom. The molecule has 0 aliphatic rings. The van der Waals surface area contributed by atoms with Crippen LogP contribution < -0.4 is 5.32 Å². The average Bonchev–Trinajstić information content (AvgIpc) is 2.62. The monoisotopic (exact) mass is 389 g/mol. The number of amides is 1. The molecular weight excluding hydrogens is 350 g/mol. The Bertz CT molecular complexity index is 549. The maximum Gasteiger partial charge on any atom is 0.408 e. The number of aliphatic hydroxyl groups is 1. The second kappa shape index (κ2) is 14.2. The summed E-state index contributed by atoms with van der Waals surface area (Å²) in [6, 6.07) is 10.1. The largest absolute Gasteiger partial charge is 0.444 e. The Kier molecular flexibility index (Phi) is 12.3. The number of alkyl carbamates (subject to hydrolysis) is 1. The number of aliphatic hydroxyl groups excluding tert-OH is 1. The van der Waals surface area contributed by atoms with Gasteiger partial charge in [0.15, 0.2) is 0 Å². The van der Waals surface area contributed by atoms with Crippen LogP contribution in [0.3, 0.4) is 0 Å². The van der Waals surface area contributed by atoms with Gasteiger partial charge in [0.1, 0.15) is 5.60 Å². The zero-order valence-electron chi connectivity index (χ0n) is 18.0. The van der Waals surface area contributed by atoms with Crippen molar-refractivity contribution < 1.29 is 14.6 Å². The second-order valence-corrected chi connectivity index (χ2v) is 8.36. The molecule has 0 saturated carbocycles. The van der Waals surface area contributed by atoms with Crippen LogP contribution in [-0.4, -0.2) is 29.4 Å². The van der Waals surface area contributed by atoms with E-state index in [0.29, 0.717) is 6.61 Å². The van der Waals surface area contributed by atoms with Gasteiger partial charge in [-0.15, -0.1) is 0 Å². The summed E-state index contributed by atoms with van der Waals surface area (Å²) in [4.78, 5) is 12.2. The summed E-state index contributed by atoms with van der Waals surface area (Å²) in [5, 5.41) is 11.8. The predicted octanol–water partition coefficient (Wildman–Crippen LogP) is 5.79. The number of hydrogen-bond acceptors (Lipinski definition) is 3. The first kappa shape index (κ1) is 24.2. The molecule has 1 aromatic carbocycles. The van der Waals surface area contributed by atoms with Crippen molar-refractivity contribution in [3.63, 3.8) is 0 Å². The van der Waals surface area contributed by atoms with Gasteiger partial charge in [-0.2, -0.15) is 0 Å².